The van der Waals surface area contributed by atoms with E-state index in [9.17, 15) is 8.42 Å². The number of benzene rings is 1. The molecule has 0 aliphatic carbocycles. The van der Waals surface area contributed by atoms with Crippen LogP contribution in [0.2, 0.25) is 0 Å². The number of rotatable bonds is 6. The number of sulfonamides is 1. The Bertz CT molecular complexity index is 525. The van der Waals surface area contributed by atoms with Crippen molar-refractivity contribution in [2.75, 3.05) is 20.3 Å². The van der Waals surface area contributed by atoms with E-state index < -0.39 is 10.0 Å². The van der Waals surface area contributed by atoms with Crippen molar-refractivity contribution in [3.05, 3.63) is 29.3 Å². The van der Waals surface area contributed by atoms with E-state index in [1.54, 1.807) is 19.2 Å². The van der Waals surface area contributed by atoms with E-state index in [4.69, 9.17) is 4.74 Å². The van der Waals surface area contributed by atoms with Gasteiger partial charge in [0.15, 0.2) is 0 Å². The van der Waals surface area contributed by atoms with Crippen LogP contribution in [0.15, 0.2) is 23.1 Å². The summed E-state index contributed by atoms with van der Waals surface area (Å²) >= 11 is 0. The van der Waals surface area contributed by atoms with Crippen LogP contribution >= 0.6 is 0 Å². The van der Waals surface area contributed by atoms with Crippen molar-refractivity contribution in [3.8, 4) is 0 Å². The third kappa shape index (κ3) is 3.55. The summed E-state index contributed by atoms with van der Waals surface area (Å²) < 4.78 is 31.8. The van der Waals surface area contributed by atoms with Crippen LogP contribution in [0.4, 0.5) is 0 Å². The number of hydrogen-bond donors (Lipinski definition) is 0. The fraction of sp³-hybridized carbons (Fsp3) is 0.571. The molecule has 4 nitrogen and oxygen atoms in total. The van der Waals surface area contributed by atoms with E-state index in [1.807, 2.05) is 33.8 Å². The summed E-state index contributed by atoms with van der Waals surface area (Å²) in [4.78, 5) is 0.348. The minimum absolute atomic E-state index is 0.179. The molecule has 0 aliphatic rings. The molecule has 1 atom stereocenters. The lowest BCUT2D eigenvalue weighted by Gasteiger charge is -2.26. The smallest absolute Gasteiger partial charge is 0.243 e. The molecule has 108 valence electrons. The molecule has 0 bridgehead atoms. The van der Waals surface area contributed by atoms with Gasteiger partial charge in [-0.3, -0.25) is 0 Å². The molecule has 1 aromatic carbocycles. The van der Waals surface area contributed by atoms with Gasteiger partial charge < -0.3 is 4.74 Å². The van der Waals surface area contributed by atoms with Gasteiger partial charge >= 0.3 is 0 Å². The fourth-order valence-electron chi connectivity index (χ4n) is 2.05. The third-order valence-corrected chi connectivity index (χ3v) is 5.38. The number of aryl methyl sites for hydroxylation is 2. The Morgan fingerprint density at radius 1 is 1.26 bits per heavy atom. The number of nitrogens with zero attached hydrogens (tertiary/aromatic N) is 1. The van der Waals surface area contributed by atoms with Crippen molar-refractivity contribution in [2.45, 2.75) is 38.6 Å². The predicted octanol–water partition coefficient (Wildman–Crippen LogP) is 2.35. The van der Waals surface area contributed by atoms with Crippen LogP contribution in [0.5, 0.6) is 0 Å². The molecule has 0 saturated heterocycles. The van der Waals surface area contributed by atoms with E-state index in [1.165, 1.54) is 4.31 Å². The van der Waals surface area contributed by atoms with Crippen LogP contribution in [-0.4, -0.2) is 39.0 Å². The summed E-state index contributed by atoms with van der Waals surface area (Å²) in [5.74, 6) is 0. The van der Waals surface area contributed by atoms with Gasteiger partial charge in [-0.15, -0.1) is 0 Å². The lowest BCUT2D eigenvalue weighted by molar-refractivity contribution is 0.142. The van der Waals surface area contributed by atoms with Gasteiger partial charge in [-0.1, -0.05) is 13.0 Å². The Kier molecular flexibility index (Phi) is 5.52. The summed E-state index contributed by atoms with van der Waals surface area (Å²) in [5, 5.41) is 0. The highest BCUT2D eigenvalue weighted by molar-refractivity contribution is 7.89. The molecule has 0 spiro atoms. The van der Waals surface area contributed by atoms with E-state index in [2.05, 4.69) is 0 Å². The Morgan fingerprint density at radius 2 is 1.89 bits per heavy atom. The topological polar surface area (TPSA) is 46.6 Å². The highest BCUT2D eigenvalue weighted by Gasteiger charge is 2.27. The average Bonchev–Trinajstić information content (AvgIpc) is 2.33. The average molecular weight is 285 g/mol. The third-order valence-electron chi connectivity index (χ3n) is 3.30. The van der Waals surface area contributed by atoms with Crippen molar-refractivity contribution in [2.24, 2.45) is 0 Å². The zero-order valence-corrected chi connectivity index (χ0v) is 13.1. The maximum atomic E-state index is 12.6. The van der Waals surface area contributed by atoms with Gasteiger partial charge in [-0.25, -0.2) is 8.42 Å². The van der Waals surface area contributed by atoms with Gasteiger partial charge in [0.05, 0.1) is 11.5 Å². The first kappa shape index (κ1) is 16.1. The van der Waals surface area contributed by atoms with Gasteiger partial charge in [0.2, 0.25) is 10.0 Å². The zero-order valence-electron chi connectivity index (χ0n) is 12.3. The molecule has 1 rings (SSSR count). The van der Waals surface area contributed by atoms with Gasteiger partial charge in [0, 0.05) is 19.7 Å². The molecule has 0 aliphatic heterocycles. The standard InChI is InChI=1S/C14H23NO3S/c1-6-15(13(4)10-18-5)19(16,17)14-8-7-11(2)12(3)9-14/h7-9,13H,6,10H2,1-5H3. The molecule has 1 unspecified atom stereocenters. The lowest BCUT2D eigenvalue weighted by Crippen LogP contribution is -2.40. The minimum atomic E-state index is -3.46. The van der Waals surface area contributed by atoms with Crippen LogP contribution in [0.3, 0.4) is 0 Å². The van der Waals surface area contributed by atoms with Crippen molar-refractivity contribution in [1.82, 2.24) is 4.31 Å². The fourth-order valence-corrected chi connectivity index (χ4v) is 3.76. The molecular formula is C14H23NO3S. The lowest BCUT2D eigenvalue weighted by atomic mass is 10.1. The summed E-state index contributed by atoms with van der Waals surface area (Å²) in [7, 11) is -1.88. The van der Waals surface area contributed by atoms with Gasteiger partial charge in [-0.2, -0.15) is 4.31 Å². The Hall–Kier alpha value is -0.910. The molecule has 0 radical (unpaired) electrons. The molecule has 0 aromatic heterocycles. The summed E-state index contributed by atoms with van der Waals surface area (Å²) in [6.07, 6.45) is 0. The van der Waals surface area contributed by atoms with Gasteiger partial charge in [0.25, 0.3) is 0 Å². The summed E-state index contributed by atoms with van der Waals surface area (Å²) in [6.45, 7) is 8.40. The Balaban J connectivity index is 3.16. The molecule has 0 saturated carbocycles. The van der Waals surface area contributed by atoms with E-state index in [-0.39, 0.29) is 6.04 Å². The predicted molar refractivity (Wildman–Crippen MR) is 76.8 cm³/mol. The quantitative estimate of drug-likeness (QED) is 0.806. The van der Waals surface area contributed by atoms with Crippen molar-refractivity contribution in [3.63, 3.8) is 0 Å². The highest BCUT2D eigenvalue weighted by atomic mass is 32.2. The largest absolute Gasteiger partial charge is 0.383 e. The molecule has 1 aromatic rings. The number of methoxy groups -OCH3 is 1. The summed E-state index contributed by atoms with van der Waals surface area (Å²) in [6, 6.07) is 5.06. The molecular weight excluding hydrogens is 262 g/mol. The highest BCUT2D eigenvalue weighted by Crippen LogP contribution is 2.20. The summed E-state index contributed by atoms with van der Waals surface area (Å²) in [5.41, 5.74) is 2.07. The molecule has 0 heterocycles. The van der Waals surface area contributed by atoms with E-state index in [0.717, 1.165) is 11.1 Å². The molecule has 5 heteroatoms. The first-order valence-corrected chi connectivity index (χ1v) is 7.86. The van der Waals surface area contributed by atoms with Crippen molar-refractivity contribution in [1.29, 1.82) is 0 Å². The zero-order chi connectivity index (χ0) is 14.6. The van der Waals surface area contributed by atoms with Crippen LogP contribution in [0.25, 0.3) is 0 Å². The SMILES string of the molecule is CCN(C(C)COC)S(=O)(=O)c1ccc(C)c(C)c1. The van der Waals surface area contributed by atoms with Crippen LogP contribution < -0.4 is 0 Å². The van der Waals surface area contributed by atoms with Gasteiger partial charge in [-0.05, 0) is 44.0 Å². The number of likely N-dealkylation sites (N-methyl/N-ethyl adjacent to an activating group) is 1. The minimum Gasteiger partial charge on any atom is -0.383 e. The Morgan fingerprint density at radius 3 is 2.37 bits per heavy atom. The maximum absolute atomic E-state index is 12.6. The van der Waals surface area contributed by atoms with E-state index >= 15 is 0 Å². The van der Waals surface area contributed by atoms with Crippen molar-refractivity contribution < 1.29 is 13.2 Å². The number of ether oxygens (including phenoxy) is 1. The normalized spacial score (nSPS) is 13.8. The molecule has 0 N–H and O–H groups in total. The Labute approximate surface area is 116 Å². The van der Waals surface area contributed by atoms with Crippen LogP contribution in [0, 0.1) is 13.8 Å². The van der Waals surface area contributed by atoms with Gasteiger partial charge in [0.1, 0.15) is 0 Å². The molecule has 0 fully saturated rings. The van der Waals surface area contributed by atoms with Crippen LogP contribution in [-0.2, 0) is 14.8 Å². The van der Waals surface area contributed by atoms with Crippen LogP contribution in [0.1, 0.15) is 25.0 Å². The second-order valence-electron chi connectivity index (χ2n) is 4.76. The second-order valence-corrected chi connectivity index (χ2v) is 6.65. The first-order chi connectivity index (χ1) is 8.84. The monoisotopic (exact) mass is 285 g/mol. The number of hydrogen-bond acceptors (Lipinski definition) is 3. The van der Waals surface area contributed by atoms with Crippen molar-refractivity contribution >= 4 is 10.0 Å². The second kappa shape index (κ2) is 6.50. The molecule has 19 heavy (non-hydrogen) atoms. The molecule has 0 amide bonds. The maximum Gasteiger partial charge on any atom is 0.243 e. The first-order valence-electron chi connectivity index (χ1n) is 6.42. The van der Waals surface area contributed by atoms with E-state index in [0.29, 0.717) is 18.0 Å².